The highest BCUT2D eigenvalue weighted by atomic mass is 31.2. The summed E-state index contributed by atoms with van der Waals surface area (Å²) in [6, 6.07) is 8.45. The largest absolute Gasteiger partial charge is 0.462 e. The van der Waals surface area contributed by atoms with Gasteiger partial charge in [-0.05, 0) is 32.9 Å². The zero-order valence-electron chi connectivity index (χ0n) is 20.3. The van der Waals surface area contributed by atoms with Crippen LogP contribution in [-0.2, 0) is 23.4 Å². The molecule has 3 N–H and O–H groups in total. The molecule has 12 nitrogen and oxygen atoms in total. The molecule has 2 aliphatic rings. The summed E-state index contributed by atoms with van der Waals surface area (Å²) in [7, 11) is -4.18. The molecule has 7 atom stereocenters. The summed E-state index contributed by atoms with van der Waals surface area (Å²) in [5.41, 5.74) is -2.49. The highest BCUT2D eigenvalue weighted by Crippen LogP contribution is 2.61. The van der Waals surface area contributed by atoms with Gasteiger partial charge in [0.25, 0.3) is 5.56 Å². The van der Waals surface area contributed by atoms with Gasteiger partial charge in [0.2, 0.25) is 0 Å². The van der Waals surface area contributed by atoms with E-state index in [0.29, 0.717) is 0 Å². The molecule has 0 radical (unpaired) electrons. The average molecular weight is 523 g/mol. The van der Waals surface area contributed by atoms with Crippen LogP contribution in [0.2, 0.25) is 0 Å². The van der Waals surface area contributed by atoms with Crippen LogP contribution in [0.4, 0.5) is 0 Å². The van der Waals surface area contributed by atoms with E-state index in [4.69, 9.17) is 18.5 Å². The fourth-order valence-electron chi connectivity index (χ4n) is 4.22. The van der Waals surface area contributed by atoms with Crippen molar-refractivity contribution in [1.29, 1.82) is 0 Å². The molecule has 1 saturated heterocycles. The Kier molecular flexibility index (Phi) is 7.27. The third-order valence-electron chi connectivity index (χ3n) is 6.10. The van der Waals surface area contributed by atoms with E-state index >= 15 is 0 Å². The Morgan fingerprint density at radius 3 is 2.58 bits per heavy atom. The highest BCUT2D eigenvalue weighted by Gasteiger charge is 2.70. The molecule has 2 fully saturated rings. The summed E-state index contributed by atoms with van der Waals surface area (Å²) < 4.78 is 37.8. The van der Waals surface area contributed by atoms with Crippen LogP contribution in [0.15, 0.2) is 52.2 Å². The zero-order valence-corrected chi connectivity index (χ0v) is 21.2. The van der Waals surface area contributed by atoms with Crippen LogP contribution in [0.3, 0.4) is 0 Å². The minimum Gasteiger partial charge on any atom is -0.462 e. The van der Waals surface area contributed by atoms with Gasteiger partial charge in [-0.2, -0.15) is 5.09 Å². The van der Waals surface area contributed by atoms with Crippen molar-refractivity contribution in [2.24, 2.45) is 5.92 Å². The molecular formula is C23H30N3O9P. The quantitative estimate of drug-likeness (QED) is 0.326. The molecule has 13 heteroatoms. The molecule has 1 aromatic carbocycles. The van der Waals surface area contributed by atoms with E-state index in [0.717, 1.165) is 0 Å². The minimum absolute atomic E-state index is 0.168. The van der Waals surface area contributed by atoms with E-state index < -0.39 is 61.0 Å². The predicted molar refractivity (Wildman–Crippen MR) is 127 cm³/mol. The number of para-hydroxylation sites is 1. The maximum atomic E-state index is 13.8. The molecule has 1 aromatic heterocycles. The van der Waals surface area contributed by atoms with E-state index in [2.05, 4.69) is 10.1 Å². The van der Waals surface area contributed by atoms with Gasteiger partial charge in [-0.15, -0.1) is 0 Å². The van der Waals surface area contributed by atoms with E-state index in [-0.39, 0.29) is 18.3 Å². The molecule has 4 rings (SSSR count). The first-order chi connectivity index (χ1) is 16.9. The number of carbonyl (C=O) groups excluding carboxylic acids is 1. The molecule has 2 aromatic rings. The predicted octanol–water partition coefficient (Wildman–Crippen LogP) is 1.71. The number of aromatic amines is 1. The maximum Gasteiger partial charge on any atom is 0.459 e. The first-order valence-electron chi connectivity index (χ1n) is 11.6. The molecule has 2 heterocycles. The number of aliphatic hydroxyl groups excluding tert-OH is 1. The van der Waals surface area contributed by atoms with Crippen LogP contribution in [0.1, 0.15) is 40.3 Å². The summed E-state index contributed by atoms with van der Waals surface area (Å²) in [4.78, 5) is 38.2. The first kappa shape index (κ1) is 26.3. The van der Waals surface area contributed by atoms with Crippen molar-refractivity contribution in [2.45, 2.75) is 70.3 Å². The number of ether oxygens (including phenoxy) is 2. The third-order valence-corrected chi connectivity index (χ3v) is 7.78. The fourth-order valence-corrected chi connectivity index (χ4v) is 5.95. The molecule has 0 amide bonds. The number of aliphatic hydroxyl groups is 1. The Balaban J connectivity index is 1.54. The van der Waals surface area contributed by atoms with Crippen LogP contribution in [-0.4, -0.2) is 50.6 Å². The number of esters is 1. The lowest BCUT2D eigenvalue weighted by molar-refractivity contribution is -0.149. The topological polar surface area (TPSA) is 158 Å². The van der Waals surface area contributed by atoms with Gasteiger partial charge in [0, 0.05) is 24.6 Å². The second-order valence-electron chi connectivity index (χ2n) is 9.32. The van der Waals surface area contributed by atoms with Gasteiger partial charge in [0.15, 0.2) is 0 Å². The Morgan fingerprint density at radius 2 is 1.94 bits per heavy atom. The number of hydrogen-bond acceptors (Lipinski definition) is 9. The minimum atomic E-state index is -4.18. The second-order valence-corrected chi connectivity index (χ2v) is 11.0. The van der Waals surface area contributed by atoms with Crippen LogP contribution in [0.5, 0.6) is 5.75 Å². The standard InChI is InChI=1S/C23H30N3O9P/c1-13(2)32-21(29)15(4)25-36(31,34-16-8-6-5-7-9-16)35-17-12-23(17)19(28)14(3)20(33-23)26-11-10-18(27)24-22(26)30/h5-11,13-15,17,19-20,28H,12H2,1-4H3,(H,25,31)(H,24,27,30)/t14-,15-,17-,19-,20+,23-,36+/m0/s1. The van der Waals surface area contributed by atoms with E-state index in [9.17, 15) is 24.1 Å². The number of H-pyrrole nitrogens is 1. The number of benzene rings is 1. The van der Waals surface area contributed by atoms with Crippen molar-refractivity contribution in [1.82, 2.24) is 14.6 Å². The summed E-state index contributed by atoms with van der Waals surface area (Å²) in [5, 5.41) is 13.6. The molecule has 1 saturated carbocycles. The summed E-state index contributed by atoms with van der Waals surface area (Å²) in [6.45, 7) is 6.55. The summed E-state index contributed by atoms with van der Waals surface area (Å²) >= 11 is 0. The Hall–Kier alpha value is -2.76. The van der Waals surface area contributed by atoms with E-state index in [1.807, 2.05) is 0 Å². The lowest BCUT2D eigenvalue weighted by atomic mass is 10.0. The van der Waals surface area contributed by atoms with Crippen LogP contribution in [0.25, 0.3) is 0 Å². The van der Waals surface area contributed by atoms with Gasteiger partial charge in [0.05, 0.1) is 12.2 Å². The van der Waals surface area contributed by atoms with Crippen molar-refractivity contribution in [3.63, 3.8) is 0 Å². The fraction of sp³-hybridized carbons (Fsp3) is 0.522. The second kappa shape index (κ2) is 9.95. The van der Waals surface area contributed by atoms with Crippen molar-refractivity contribution < 1.29 is 33.0 Å². The monoisotopic (exact) mass is 523 g/mol. The van der Waals surface area contributed by atoms with Gasteiger partial charge >= 0.3 is 19.4 Å². The van der Waals surface area contributed by atoms with Crippen molar-refractivity contribution >= 4 is 13.7 Å². The van der Waals surface area contributed by atoms with Crippen LogP contribution < -0.4 is 20.9 Å². The van der Waals surface area contributed by atoms with E-state index in [1.165, 1.54) is 23.8 Å². The Bertz CT molecular complexity index is 1260. The maximum absolute atomic E-state index is 13.8. The molecule has 36 heavy (non-hydrogen) atoms. The van der Waals surface area contributed by atoms with Crippen molar-refractivity contribution in [2.75, 3.05) is 0 Å². The molecule has 0 unspecified atom stereocenters. The Labute approximate surface area is 207 Å². The molecule has 0 bridgehead atoms. The number of carbonyl (C=O) groups is 1. The lowest BCUT2D eigenvalue weighted by Crippen LogP contribution is -2.37. The van der Waals surface area contributed by atoms with Crippen LogP contribution in [0, 0.1) is 5.92 Å². The summed E-state index contributed by atoms with van der Waals surface area (Å²) in [6.07, 6.45) is -1.74. The van der Waals surface area contributed by atoms with Gasteiger partial charge in [0.1, 0.15) is 29.7 Å². The van der Waals surface area contributed by atoms with Gasteiger partial charge in [-0.1, -0.05) is 25.1 Å². The zero-order chi connectivity index (χ0) is 26.3. The highest BCUT2D eigenvalue weighted by molar-refractivity contribution is 7.52. The summed E-state index contributed by atoms with van der Waals surface area (Å²) in [5.74, 6) is -0.949. The molecule has 196 valence electrons. The lowest BCUT2D eigenvalue weighted by Gasteiger charge is -2.24. The smallest absolute Gasteiger partial charge is 0.459 e. The van der Waals surface area contributed by atoms with Crippen molar-refractivity contribution in [3.8, 4) is 5.75 Å². The number of hydrogen-bond donors (Lipinski definition) is 3. The molecule has 1 aliphatic heterocycles. The van der Waals surface area contributed by atoms with Gasteiger partial charge in [-0.3, -0.25) is 23.7 Å². The third kappa shape index (κ3) is 5.33. The number of aromatic nitrogens is 2. The first-order valence-corrected chi connectivity index (χ1v) is 13.2. The molecule has 1 aliphatic carbocycles. The van der Waals surface area contributed by atoms with Gasteiger partial charge in [-0.25, -0.2) is 9.36 Å². The number of nitrogens with zero attached hydrogens (tertiary/aromatic N) is 1. The van der Waals surface area contributed by atoms with Gasteiger partial charge < -0.3 is 19.1 Å². The molecular weight excluding hydrogens is 493 g/mol. The van der Waals surface area contributed by atoms with E-state index in [1.54, 1.807) is 51.1 Å². The average Bonchev–Trinajstić information content (AvgIpc) is 3.42. The van der Waals surface area contributed by atoms with Crippen molar-refractivity contribution in [3.05, 3.63) is 63.4 Å². The number of nitrogens with one attached hydrogen (secondary N) is 2. The SMILES string of the molecule is CC(C)OC(=O)[C@H](C)N[P@@](=O)(Oc1ccccc1)O[C@H]1C[C@]12O[C@@H](n1ccc(=O)[nH]c1=O)[C@@H](C)[C@@H]2O. The molecule has 1 spiro atoms. The Morgan fingerprint density at radius 1 is 1.25 bits per heavy atom. The number of rotatable bonds is 9. The van der Waals surface area contributed by atoms with Crippen LogP contribution >= 0.6 is 7.75 Å². The normalized spacial score (nSPS) is 29.6.